The molecule has 0 bridgehead atoms. The number of hydrogen-bond acceptors (Lipinski definition) is 5. The van der Waals surface area contributed by atoms with Crippen LogP contribution in [0, 0.1) is 0 Å². The average Bonchev–Trinajstić information content (AvgIpc) is 3.23. The fourth-order valence-electron chi connectivity index (χ4n) is 8.61. The second-order valence-electron chi connectivity index (χ2n) is 18.6. The summed E-state index contributed by atoms with van der Waals surface area (Å²) in [4.78, 5) is 26.0. The fraction of sp³-hybridized carbons (Fsp3) is 0.962. The molecule has 6 nitrogen and oxygen atoms in total. The maximum Gasteiger partial charge on any atom is 0.306 e. The Bertz CT molecular complexity index is 852. The van der Waals surface area contributed by atoms with Gasteiger partial charge in [-0.05, 0) is 25.7 Å². The summed E-state index contributed by atoms with van der Waals surface area (Å²) >= 11 is 0. The Hall–Kier alpha value is -1.14. The first kappa shape index (κ1) is 57.9. The number of nitrogens with one attached hydrogen (secondary N) is 1. The molecule has 0 spiro atoms. The molecule has 0 fully saturated rings. The van der Waals surface area contributed by atoms with Gasteiger partial charge in [-0.25, -0.2) is 0 Å². The van der Waals surface area contributed by atoms with Crippen molar-refractivity contribution < 1.29 is 24.5 Å². The van der Waals surface area contributed by atoms with E-state index in [1.54, 1.807) is 0 Å². The number of hydrogen-bond donors (Lipinski definition) is 3. The summed E-state index contributed by atoms with van der Waals surface area (Å²) in [5, 5.41) is 23.7. The number of ether oxygens (including phenoxy) is 1. The van der Waals surface area contributed by atoms with E-state index in [1.165, 1.54) is 218 Å². The Morgan fingerprint density at radius 2 is 0.712 bits per heavy atom. The van der Waals surface area contributed by atoms with Gasteiger partial charge in [-0.1, -0.05) is 265 Å². The SMILES string of the molecule is CCCCCCCCCCCCCCCCCCCC(O)C(CO)NC(=O)CC(CCCCCCCCC)OC(=O)CCCCCCCCCCCCCCCCCC. The summed E-state index contributed by atoms with van der Waals surface area (Å²) in [5.74, 6) is -0.456. The predicted octanol–water partition coefficient (Wildman–Crippen LogP) is 16.0. The predicted molar refractivity (Wildman–Crippen MR) is 255 cm³/mol. The van der Waals surface area contributed by atoms with Crippen molar-refractivity contribution in [1.29, 1.82) is 0 Å². The van der Waals surface area contributed by atoms with Gasteiger partial charge in [-0.3, -0.25) is 9.59 Å². The molecule has 0 aromatic carbocycles. The summed E-state index contributed by atoms with van der Waals surface area (Å²) in [6.45, 7) is 6.49. The van der Waals surface area contributed by atoms with Gasteiger partial charge in [0, 0.05) is 6.42 Å². The molecule has 0 aliphatic heterocycles. The van der Waals surface area contributed by atoms with E-state index in [9.17, 15) is 19.8 Å². The number of aliphatic hydroxyl groups excluding tert-OH is 2. The van der Waals surface area contributed by atoms with E-state index in [4.69, 9.17) is 4.74 Å². The zero-order chi connectivity index (χ0) is 43.1. The van der Waals surface area contributed by atoms with Crippen LogP contribution < -0.4 is 5.32 Å². The quantitative estimate of drug-likeness (QED) is 0.0419. The molecular weight excluding hydrogens is 731 g/mol. The third-order valence-electron chi connectivity index (χ3n) is 12.7. The lowest BCUT2D eigenvalue weighted by Gasteiger charge is -2.24. The van der Waals surface area contributed by atoms with E-state index in [-0.39, 0.29) is 24.9 Å². The lowest BCUT2D eigenvalue weighted by molar-refractivity contribution is -0.151. The highest BCUT2D eigenvalue weighted by molar-refractivity contribution is 5.77. The molecule has 3 unspecified atom stereocenters. The van der Waals surface area contributed by atoms with E-state index < -0.39 is 18.2 Å². The van der Waals surface area contributed by atoms with Crippen LogP contribution >= 0.6 is 0 Å². The van der Waals surface area contributed by atoms with Crippen molar-refractivity contribution >= 4 is 11.9 Å². The maximum absolute atomic E-state index is 13.1. The standard InChI is InChI=1S/C53H105NO5/c1-4-7-10-13-16-18-20-22-24-26-27-29-31-33-36-39-42-45-51(56)50(48-55)54-52(57)47-49(44-41-38-35-15-12-9-6-3)59-53(58)46-43-40-37-34-32-30-28-25-23-21-19-17-14-11-8-5-2/h49-51,55-56H,4-48H2,1-3H3,(H,54,57). The maximum atomic E-state index is 13.1. The van der Waals surface area contributed by atoms with Crippen LogP contribution in [0.15, 0.2) is 0 Å². The molecule has 59 heavy (non-hydrogen) atoms. The highest BCUT2D eigenvalue weighted by atomic mass is 16.5. The summed E-state index contributed by atoms with van der Waals surface area (Å²) in [6, 6.07) is -0.691. The van der Waals surface area contributed by atoms with Gasteiger partial charge >= 0.3 is 5.97 Å². The molecule has 0 rings (SSSR count). The van der Waals surface area contributed by atoms with E-state index in [0.717, 1.165) is 38.5 Å². The number of carbonyl (C=O) groups is 2. The molecule has 1 amide bonds. The first-order valence-corrected chi connectivity index (χ1v) is 26.8. The minimum Gasteiger partial charge on any atom is -0.462 e. The first-order chi connectivity index (χ1) is 29.0. The molecule has 0 aliphatic rings. The highest BCUT2D eigenvalue weighted by Gasteiger charge is 2.24. The number of aliphatic hydroxyl groups is 2. The van der Waals surface area contributed by atoms with E-state index in [2.05, 4.69) is 26.1 Å². The third-order valence-corrected chi connectivity index (χ3v) is 12.7. The van der Waals surface area contributed by atoms with Gasteiger partial charge in [0.2, 0.25) is 5.91 Å². The van der Waals surface area contributed by atoms with Crippen LogP contribution in [-0.4, -0.2) is 46.9 Å². The second-order valence-corrected chi connectivity index (χ2v) is 18.6. The molecule has 0 radical (unpaired) electrons. The Morgan fingerprint density at radius 1 is 0.424 bits per heavy atom. The minimum atomic E-state index is -0.778. The lowest BCUT2D eigenvalue weighted by atomic mass is 10.0. The van der Waals surface area contributed by atoms with Gasteiger partial charge in [-0.15, -0.1) is 0 Å². The van der Waals surface area contributed by atoms with Gasteiger partial charge in [0.05, 0.1) is 25.2 Å². The van der Waals surface area contributed by atoms with Crippen LogP contribution in [0.3, 0.4) is 0 Å². The van der Waals surface area contributed by atoms with Crippen molar-refractivity contribution in [2.75, 3.05) is 6.61 Å². The van der Waals surface area contributed by atoms with Gasteiger partial charge in [0.15, 0.2) is 0 Å². The van der Waals surface area contributed by atoms with E-state index in [0.29, 0.717) is 19.3 Å². The molecule has 0 heterocycles. The van der Waals surface area contributed by atoms with Crippen LogP contribution in [-0.2, 0) is 14.3 Å². The summed E-state index contributed by atoms with van der Waals surface area (Å²) in [7, 11) is 0. The largest absolute Gasteiger partial charge is 0.462 e. The van der Waals surface area contributed by atoms with Crippen LogP contribution in [0.1, 0.15) is 303 Å². The van der Waals surface area contributed by atoms with Crippen molar-refractivity contribution in [3.8, 4) is 0 Å². The normalized spacial score (nSPS) is 13.1. The number of unbranched alkanes of at least 4 members (excludes halogenated alkanes) is 37. The van der Waals surface area contributed by atoms with E-state index in [1.807, 2.05) is 0 Å². The molecule has 6 heteroatoms. The fourth-order valence-corrected chi connectivity index (χ4v) is 8.61. The van der Waals surface area contributed by atoms with Gasteiger partial charge < -0.3 is 20.3 Å². The minimum absolute atomic E-state index is 0.0862. The van der Waals surface area contributed by atoms with Gasteiger partial charge in [0.1, 0.15) is 6.10 Å². The van der Waals surface area contributed by atoms with Crippen LogP contribution in [0.25, 0.3) is 0 Å². The topological polar surface area (TPSA) is 95.9 Å². The molecule has 0 aromatic heterocycles. The average molecular weight is 836 g/mol. The van der Waals surface area contributed by atoms with Crippen molar-refractivity contribution in [3.05, 3.63) is 0 Å². The Labute approximate surface area is 368 Å². The van der Waals surface area contributed by atoms with Crippen LogP contribution in [0.5, 0.6) is 0 Å². The smallest absolute Gasteiger partial charge is 0.306 e. The molecule has 3 N–H and O–H groups in total. The molecule has 0 aromatic rings. The monoisotopic (exact) mass is 836 g/mol. The van der Waals surface area contributed by atoms with Gasteiger partial charge in [0.25, 0.3) is 0 Å². The van der Waals surface area contributed by atoms with E-state index >= 15 is 0 Å². The molecule has 352 valence electrons. The summed E-state index contributed by atoms with van der Waals surface area (Å²) < 4.78 is 5.91. The van der Waals surface area contributed by atoms with Crippen molar-refractivity contribution in [3.63, 3.8) is 0 Å². The second kappa shape index (κ2) is 47.9. The molecular formula is C53H105NO5. The lowest BCUT2D eigenvalue weighted by Crippen LogP contribution is -2.46. The molecule has 3 atom stereocenters. The number of esters is 1. The van der Waals surface area contributed by atoms with Crippen LogP contribution in [0.4, 0.5) is 0 Å². The van der Waals surface area contributed by atoms with Gasteiger partial charge in [-0.2, -0.15) is 0 Å². The number of amides is 1. The molecule has 0 aliphatic carbocycles. The highest BCUT2D eigenvalue weighted by Crippen LogP contribution is 2.19. The molecule has 0 saturated carbocycles. The first-order valence-electron chi connectivity index (χ1n) is 26.8. The summed E-state index contributed by atoms with van der Waals surface area (Å²) in [5.41, 5.74) is 0. The third kappa shape index (κ3) is 43.3. The molecule has 0 saturated heterocycles. The summed E-state index contributed by atoms with van der Waals surface area (Å²) in [6.07, 6.45) is 51.8. The zero-order valence-corrected chi connectivity index (χ0v) is 40.2. The zero-order valence-electron chi connectivity index (χ0n) is 40.2. The van der Waals surface area contributed by atoms with Crippen LogP contribution in [0.2, 0.25) is 0 Å². The Morgan fingerprint density at radius 3 is 1.03 bits per heavy atom. The van der Waals surface area contributed by atoms with Crippen molar-refractivity contribution in [2.24, 2.45) is 0 Å². The number of rotatable bonds is 49. The number of carbonyl (C=O) groups excluding carboxylic acids is 2. The van der Waals surface area contributed by atoms with Crippen molar-refractivity contribution in [2.45, 2.75) is 322 Å². The Kier molecular flexibility index (Phi) is 47.0. The van der Waals surface area contributed by atoms with Crippen molar-refractivity contribution in [1.82, 2.24) is 5.32 Å². The Balaban J connectivity index is 4.27.